The Morgan fingerprint density at radius 2 is 2.18 bits per heavy atom. The summed E-state index contributed by atoms with van der Waals surface area (Å²) in [5.41, 5.74) is 0. The topological polar surface area (TPSA) is 26.3 Å². The second-order valence-corrected chi connectivity index (χ2v) is 2.53. The van der Waals surface area contributed by atoms with E-state index in [0.717, 1.165) is 25.7 Å². The molecule has 0 saturated carbocycles. The average molecular weight is 157 g/mol. The normalized spacial score (nSPS) is 9.64. The number of hydrogen-bond donors (Lipinski definition) is 0. The highest BCUT2D eigenvalue weighted by Gasteiger charge is 1.99. The highest BCUT2D eigenvalue weighted by Crippen LogP contribution is 1.97. The first kappa shape index (κ1) is 10.5. The third-order valence-electron chi connectivity index (χ3n) is 1.39. The van der Waals surface area contributed by atoms with E-state index in [2.05, 4.69) is 13.8 Å². The van der Waals surface area contributed by atoms with Gasteiger partial charge in [-0.25, -0.2) is 0 Å². The molecule has 0 aromatic rings. The summed E-state index contributed by atoms with van der Waals surface area (Å²) in [5.74, 6) is -0.0814. The Bertz CT molecular complexity index is 99.7. The van der Waals surface area contributed by atoms with Crippen molar-refractivity contribution in [1.29, 1.82) is 0 Å². The first-order chi connectivity index (χ1) is 5.31. The Morgan fingerprint density at radius 1 is 1.45 bits per heavy atom. The predicted molar refractivity (Wildman–Crippen MR) is 45.1 cm³/mol. The smallest absolute Gasteiger partial charge is 0.305 e. The molecule has 0 aromatic carbocycles. The van der Waals surface area contributed by atoms with Crippen molar-refractivity contribution in [3.63, 3.8) is 0 Å². The maximum Gasteiger partial charge on any atom is 0.305 e. The van der Waals surface area contributed by atoms with E-state index < -0.39 is 0 Å². The van der Waals surface area contributed by atoms with E-state index in [1.807, 2.05) is 0 Å². The molecule has 0 fully saturated rings. The van der Waals surface area contributed by atoms with Crippen LogP contribution in [0.4, 0.5) is 0 Å². The Kier molecular flexibility index (Phi) is 7.21. The van der Waals surface area contributed by atoms with Gasteiger partial charge in [0.1, 0.15) is 0 Å². The monoisotopic (exact) mass is 157 g/mol. The van der Waals surface area contributed by atoms with Crippen molar-refractivity contribution in [2.75, 3.05) is 6.61 Å². The molecule has 65 valence electrons. The molecule has 2 nitrogen and oxygen atoms in total. The van der Waals surface area contributed by atoms with Crippen molar-refractivity contribution < 1.29 is 9.53 Å². The van der Waals surface area contributed by atoms with Gasteiger partial charge in [0.2, 0.25) is 0 Å². The lowest BCUT2D eigenvalue weighted by atomic mass is 10.2. The van der Waals surface area contributed by atoms with Crippen molar-refractivity contribution in [3.8, 4) is 0 Å². The molecule has 2 heteroatoms. The quantitative estimate of drug-likeness (QED) is 0.437. The maximum atomic E-state index is 10.8. The summed E-state index contributed by atoms with van der Waals surface area (Å²) < 4.78 is 4.92. The molecule has 0 heterocycles. The van der Waals surface area contributed by atoms with Crippen LogP contribution in [-0.2, 0) is 9.53 Å². The number of ether oxygens (including phenoxy) is 1. The summed E-state index contributed by atoms with van der Waals surface area (Å²) in [6.45, 7) is 6.30. The van der Waals surface area contributed by atoms with Gasteiger partial charge in [0.25, 0.3) is 0 Å². The highest BCUT2D eigenvalue weighted by atomic mass is 16.5. The molecule has 0 aromatic heterocycles. The van der Waals surface area contributed by atoms with Crippen LogP contribution < -0.4 is 0 Å². The third kappa shape index (κ3) is 7.37. The Balaban J connectivity index is 3.09. The fourth-order valence-corrected chi connectivity index (χ4v) is 0.672. The molecule has 1 radical (unpaired) electrons. The van der Waals surface area contributed by atoms with Gasteiger partial charge < -0.3 is 4.74 Å². The van der Waals surface area contributed by atoms with Gasteiger partial charge in [-0.1, -0.05) is 26.7 Å². The van der Waals surface area contributed by atoms with E-state index >= 15 is 0 Å². The second-order valence-electron chi connectivity index (χ2n) is 2.53. The van der Waals surface area contributed by atoms with Crippen LogP contribution in [0.15, 0.2) is 0 Å². The van der Waals surface area contributed by atoms with E-state index in [4.69, 9.17) is 4.74 Å². The Hall–Kier alpha value is -0.530. The minimum Gasteiger partial charge on any atom is -0.466 e. The first-order valence-corrected chi connectivity index (χ1v) is 4.26. The van der Waals surface area contributed by atoms with Gasteiger partial charge in [0.05, 0.1) is 6.61 Å². The predicted octanol–water partition coefficient (Wildman–Crippen LogP) is 2.33. The fourth-order valence-electron chi connectivity index (χ4n) is 0.672. The summed E-state index contributed by atoms with van der Waals surface area (Å²) in [5, 5.41) is 0. The number of rotatable bonds is 6. The standard InChI is InChI=1S/C9H17O2/c1-3-5-7-9(10)11-8-6-4-2/h1,3-8H2,2H3. The summed E-state index contributed by atoms with van der Waals surface area (Å²) >= 11 is 0. The van der Waals surface area contributed by atoms with Crippen molar-refractivity contribution in [2.24, 2.45) is 0 Å². The molecular formula is C9H17O2. The van der Waals surface area contributed by atoms with Crippen molar-refractivity contribution in [2.45, 2.75) is 39.0 Å². The largest absolute Gasteiger partial charge is 0.466 e. The van der Waals surface area contributed by atoms with Crippen molar-refractivity contribution in [3.05, 3.63) is 6.92 Å². The summed E-state index contributed by atoms with van der Waals surface area (Å²) in [4.78, 5) is 10.8. The molecule has 0 N–H and O–H groups in total. The van der Waals surface area contributed by atoms with E-state index in [1.54, 1.807) is 0 Å². The van der Waals surface area contributed by atoms with Crippen LogP contribution in [-0.4, -0.2) is 12.6 Å². The number of carbonyl (C=O) groups is 1. The van der Waals surface area contributed by atoms with E-state index in [0.29, 0.717) is 13.0 Å². The molecule has 11 heavy (non-hydrogen) atoms. The van der Waals surface area contributed by atoms with Crippen LogP contribution in [0.25, 0.3) is 0 Å². The van der Waals surface area contributed by atoms with Gasteiger partial charge in [-0.05, 0) is 12.8 Å². The molecule has 0 bridgehead atoms. The van der Waals surface area contributed by atoms with Gasteiger partial charge >= 0.3 is 5.97 Å². The van der Waals surface area contributed by atoms with E-state index in [9.17, 15) is 4.79 Å². The van der Waals surface area contributed by atoms with Gasteiger partial charge in [-0.2, -0.15) is 0 Å². The zero-order valence-electron chi connectivity index (χ0n) is 7.27. The minimum atomic E-state index is -0.0814. The maximum absolute atomic E-state index is 10.8. The fraction of sp³-hybridized carbons (Fsp3) is 0.778. The van der Waals surface area contributed by atoms with Crippen LogP contribution in [0.1, 0.15) is 39.0 Å². The van der Waals surface area contributed by atoms with Gasteiger partial charge in [0.15, 0.2) is 0 Å². The Labute approximate surface area is 68.9 Å². The molecule has 0 aliphatic rings. The third-order valence-corrected chi connectivity index (χ3v) is 1.39. The summed E-state index contributed by atoms with van der Waals surface area (Å²) in [6.07, 6.45) is 4.21. The number of esters is 1. The number of carbonyl (C=O) groups excluding carboxylic acids is 1. The lowest BCUT2D eigenvalue weighted by Gasteiger charge is -2.01. The van der Waals surface area contributed by atoms with Crippen LogP contribution in [0.5, 0.6) is 0 Å². The van der Waals surface area contributed by atoms with Crippen LogP contribution in [0, 0.1) is 6.92 Å². The Morgan fingerprint density at radius 3 is 2.73 bits per heavy atom. The van der Waals surface area contributed by atoms with E-state index in [1.165, 1.54) is 0 Å². The highest BCUT2D eigenvalue weighted by molar-refractivity contribution is 5.69. The summed E-state index contributed by atoms with van der Waals surface area (Å²) in [6, 6.07) is 0. The molecule has 0 saturated heterocycles. The SMILES string of the molecule is [CH2]CCCC(=O)OCCCC. The van der Waals surface area contributed by atoms with Gasteiger partial charge in [0, 0.05) is 6.42 Å². The lowest BCUT2D eigenvalue weighted by Crippen LogP contribution is -2.04. The molecule has 0 aliphatic carbocycles. The van der Waals surface area contributed by atoms with Crippen molar-refractivity contribution >= 4 is 5.97 Å². The molecular weight excluding hydrogens is 140 g/mol. The van der Waals surface area contributed by atoms with Gasteiger partial charge in [-0.15, -0.1) is 0 Å². The number of unbranched alkanes of at least 4 members (excludes halogenated alkanes) is 2. The molecule has 0 atom stereocenters. The lowest BCUT2D eigenvalue weighted by molar-refractivity contribution is -0.143. The molecule has 0 aliphatic heterocycles. The molecule has 0 unspecified atom stereocenters. The van der Waals surface area contributed by atoms with Crippen LogP contribution >= 0.6 is 0 Å². The second kappa shape index (κ2) is 7.58. The number of hydrogen-bond acceptors (Lipinski definition) is 2. The zero-order valence-corrected chi connectivity index (χ0v) is 7.27. The minimum absolute atomic E-state index is 0.0814. The van der Waals surface area contributed by atoms with Crippen molar-refractivity contribution in [1.82, 2.24) is 0 Å². The average Bonchev–Trinajstić information content (AvgIpc) is 2.01. The van der Waals surface area contributed by atoms with Gasteiger partial charge in [-0.3, -0.25) is 4.79 Å². The molecule has 0 rings (SSSR count). The first-order valence-electron chi connectivity index (χ1n) is 4.26. The molecule has 0 amide bonds. The molecule has 0 spiro atoms. The van der Waals surface area contributed by atoms with Crippen LogP contribution in [0.3, 0.4) is 0 Å². The van der Waals surface area contributed by atoms with E-state index in [-0.39, 0.29) is 5.97 Å². The zero-order chi connectivity index (χ0) is 8.53. The van der Waals surface area contributed by atoms with Crippen LogP contribution in [0.2, 0.25) is 0 Å². The summed E-state index contributed by atoms with van der Waals surface area (Å²) in [7, 11) is 0.